The van der Waals surface area contributed by atoms with Crippen LogP contribution >= 0.6 is 0 Å². The van der Waals surface area contributed by atoms with Gasteiger partial charge in [-0.25, -0.2) is 5.48 Å². The zero-order valence-electron chi connectivity index (χ0n) is 12.9. The lowest BCUT2D eigenvalue weighted by Crippen LogP contribution is -2.12. The zero-order valence-corrected chi connectivity index (χ0v) is 12.9. The molecule has 0 spiro atoms. The lowest BCUT2D eigenvalue weighted by molar-refractivity contribution is -0.120. The quantitative estimate of drug-likeness (QED) is 0.296. The van der Waals surface area contributed by atoms with E-state index < -0.39 is 0 Å². The van der Waals surface area contributed by atoms with Gasteiger partial charge in [-0.15, -0.1) is 0 Å². The maximum atomic E-state index is 9.81. The minimum atomic E-state index is 0.0359. The van der Waals surface area contributed by atoms with Crippen molar-refractivity contribution in [2.24, 2.45) is 0 Å². The van der Waals surface area contributed by atoms with Gasteiger partial charge >= 0.3 is 0 Å². The van der Waals surface area contributed by atoms with Gasteiger partial charge in [0.15, 0.2) is 0 Å². The second-order valence-corrected chi connectivity index (χ2v) is 5.01. The molecule has 1 rings (SSSR count). The zero-order chi connectivity index (χ0) is 15.8. The summed E-state index contributed by atoms with van der Waals surface area (Å²) in [4.78, 5) is 14.6. The third kappa shape index (κ3) is 13.4. The van der Waals surface area contributed by atoms with Gasteiger partial charge in [0.05, 0.1) is 12.7 Å². The van der Waals surface area contributed by atoms with Gasteiger partial charge in [-0.1, -0.05) is 50.6 Å². The van der Waals surface area contributed by atoms with Gasteiger partial charge in [-0.3, -0.25) is 9.63 Å². The van der Waals surface area contributed by atoms with Crippen molar-refractivity contribution in [3.8, 4) is 0 Å². The van der Waals surface area contributed by atoms with Crippen molar-refractivity contribution in [1.29, 1.82) is 0 Å². The number of hydrogen-bond donors (Lipinski definition) is 2. The van der Waals surface area contributed by atoms with Crippen LogP contribution in [0.3, 0.4) is 0 Å². The first-order valence-corrected chi connectivity index (χ1v) is 7.67. The fourth-order valence-corrected chi connectivity index (χ4v) is 2.08. The van der Waals surface area contributed by atoms with E-state index in [2.05, 4.69) is 18.6 Å². The standard InChI is InChI=1S/C11H17NO2.C6H12O/c1-3-7-11(4-2)8-5-6-9-14-12-10-13;7-6-4-2-1-3-5-6/h3-4,7,10H,1-2,5-6,8-9H2,(H,12,13);6-7H,1-5H2/b11-7+;. The summed E-state index contributed by atoms with van der Waals surface area (Å²) >= 11 is 0. The van der Waals surface area contributed by atoms with E-state index in [0.717, 1.165) is 32.1 Å². The summed E-state index contributed by atoms with van der Waals surface area (Å²) < 4.78 is 0. The normalized spacial score (nSPS) is 15.6. The molecule has 120 valence electrons. The summed E-state index contributed by atoms with van der Waals surface area (Å²) in [7, 11) is 0. The molecule has 0 saturated heterocycles. The van der Waals surface area contributed by atoms with Crippen LogP contribution in [-0.4, -0.2) is 24.2 Å². The van der Waals surface area contributed by atoms with Gasteiger partial charge in [0.25, 0.3) is 0 Å². The van der Waals surface area contributed by atoms with E-state index in [0.29, 0.717) is 13.0 Å². The Labute approximate surface area is 128 Å². The Bertz CT molecular complexity index is 307. The molecule has 0 unspecified atom stereocenters. The number of aliphatic hydroxyl groups excluding tert-OH is 1. The van der Waals surface area contributed by atoms with Gasteiger partial charge < -0.3 is 5.11 Å². The third-order valence-corrected chi connectivity index (χ3v) is 3.26. The summed E-state index contributed by atoms with van der Waals surface area (Å²) in [5, 5.41) is 8.91. The minimum Gasteiger partial charge on any atom is -0.393 e. The Kier molecular flexibility index (Phi) is 14.0. The lowest BCUT2D eigenvalue weighted by Gasteiger charge is -2.14. The van der Waals surface area contributed by atoms with E-state index in [9.17, 15) is 4.79 Å². The van der Waals surface area contributed by atoms with Crippen LogP contribution in [0.2, 0.25) is 0 Å². The van der Waals surface area contributed by atoms with Crippen LogP contribution < -0.4 is 5.48 Å². The lowest BCUT2D eigenvalue weighted by atomic mass is 9.98. The molecule has 0 atom stereocenters. The number of hydroxylamine groups is 1. The molecular weight excluding hydrogens is 266 g/mol. The Hall–Kier alpha value is -1.39. The third-order valence-electron chi connectivity index (χ3n) is 3.26. The largest absolute Gasteiger partial charge is 0.393 e. The average Bonchev–Trinajstić information content (AvgIpc) is 2.51. The Morgan fingerprint density at radius 2 is 1.95 bits per heavy atom. The molecule has 1 amide bonds. The Morgan fingerprint density at radius 3 is 2.43 bits per heavy atom. The highest BCUT2D eigenvalue weighted by atomic mass is 16.6. The molecule has 2 N–H and O–H groups in total. The number of carbonyl (C=O) groups is 1. The predicted molar refractivity (Wildman–Crippen MR) is 86.6 cm³/mol. The molecule has 0 aliphatic heterocycles. The highest BCUT2D eigenvalue weighted by Crippen LogP contribution is 2.16. The van der Waals surface area contributed by atoms with Gasteiger partial charge in [0.2, 0.25) is 6.41 Å². The minimum absolute atomic E-state index is 0.0359. The summed E-state index contributed by atoms with van der Waals surface area (Å²) in [6, 6.07) is 0. The van der Waals surface area contributed by atoms with E-state index >= 15 is 0 Å². The molecular formula is C17H29NO3. The molecule has 4 heteroatoms. The Morgan fingerprint density at radius 1 is 1.24 bits per heavy atom. The number of allylic oxidation sites excluding steroid dienone is 4. The van der Waals surface area contributed by atoms with Crippen molar-refractivity contribution in [2.75, 3.05) is 6.61 Å². The number of carbonyl (C=O) groups excluding carboxylic acids is 1. The van der Waals surface area contributed by atoms with E-state index in [1.807, 2.05) is 12.2 Å². The Balaban J connectivity index is 0.000000471. The molecule has 4 nitrogen and oxygen atoms in total. The molecule has 0 aromatic heterocycles. The van der Waals surface area contributed by atoms with E-state index in [1.54, 1.807) is 6.08 Å². The first kappa shape index (κ1) is 19.6. The van der Waals surface area contributed by atoms with Crippen LogP contribution in [0.1, 0.15) is 51.4 Å². The van der Waals surface area contributed by atoms with Crippen molar-refractivity contribution < 1.29 is 14.7 Å². The number of nitrogens with one attached hydrogen (secondary N) is 1. The molecule has 21 heavy (non-hydrogen) atoms. The molecule has 1 saturated carbocycles. The molecule has 1 fully saturated rings. The number of aliphatic hydroxyl groups is 1. The van der Waals surface area contributed by atoms with Crippen LogP contribution in [0.15, 0.2) is 37.0 Å². The smallest absolute Gasteiger partial charge is 0.230 e. The second-order valence-electron chi connectivity index (χ2n) is 5.01. The summed E-state index contributed by atoms with van der Waals surface area (Å²) in [6.07, 6.45) is 14.8. The monoisotopic (exact) mass is 295 g/mol. The van der Waals surface area contributed by atoms with Crippen molar-refractivity contribution in [1.82, 2.24) is 5.48 Å². The predicted octanol–water partition coefficient (Wildman–Crippen LogP) is 3.44. The van der Waals surface area contributed by atoms with Gasteiger partial charge in [-0.2, -0.15) is 0 Å². The maximum absolute atomic E-state index is 9.81. The van der Waals surface area contributed by atoms with Crippen molar-refractivity contribution in [3.63, 3.8) is 0 Å². The molecule has 1 aliphatic rings. The van der Waals surface area contributed by atoms with E-state index in [-0.39, 0.29) is 6.10 Å². The topological polar surface area (TPSA) is 58.6 Å². The summed E-state index contributed by atoms with van der Waals surface area (Å²) in [6.45, 7) is 7.86. The van der Waals surface area contributed by atoms with Crippen LogP contribution in [0.4, 0.5) is 0 Å². The number of rotatable bonds is 9. The van der Waals surface area contributed by atoms with Crippen LogP contribution in [0.25, 0.3) is 0 Å². The van der Waals surface area contributed by atoms with Crippen molar-refractivity contribution in [2.45, 2.75) is 57.5 Å². The van der Waals surface area contributed by atoms with Gasteiger partial charge in [0.1, 0.15) is 0 Å². The first-order valence-electron chi connectivity index (χ1n) is 7.67. The number of unbranched alkanes of at least 4 members (excludes halogenated alkanes) is 1. The fraction of sp³-hybridized carbons (Fsp3) is 0.588. The first-order chi connectivity index (χ1) is 10.2. The van der Waals surface area contributed by atoms with Gasteiger partial charge in [-0.05, 0) is 37.7 Å². The molecule has 0 bridgehead atoms. The van der Waals surface area contributed by atoms with Crippen LogP contribution in [0, 0.1) is 0 Å². The number of amides is 1. The highest BCUT2D eigenvalue weighted by molar-refractivity contribution is 5.43. The van der Waals surface area contributed by atoms with Gasteiger partial charge in [0, 0.05) is 0 Å². The molecule has 0 aromatic rings. The molecule has 1 aliphatic carbocycles. The van der Waals surface area contributed by atoms with E-state index in [1.165, 1.54) is 24.8 Å². The van der Waals surface area contributed by atoms with Crippen molar-refractivity contribution >= 4 is 6.41 Å². The highest BCUT2D eigenvalue weighted by Gasteiger charge is 2.07. The molecule has 0 heterocycles. The van der Waals surface area contributed by atoms with E-state index in [4.69, 9.17) is 9.94 Å². The fourth-order valence-electron chi connectivity index (χ4n) is 2.08. The number of hydrogen-bond acceptors (Lipinski definition) is 3. The second kappa shape index (κ2) is 15.0. The summed E-state index contributed by atoms with van der Waals surface area (Å²) in [5.41, 5.74) is 3.31. The molecule has 0 radical (unpaired) electrons. The van der Waals surface area contributed by atoms with Crippen LogP contribution in [-0.2, 0) is 9.63 Å². The van der Waals surface area contributed by atoms with Crippen LogP contribution in [0.5, 0.6) is 0 Å². The average molecular weight is 295 g/mol. The summed E-state index contributed by atoms with van der Waals surface area (Å²) in [5.74, 6) is 0. The molecule has 0 aromatic carbocycles. The van der Waals surface area contributed by atoms with Crippen molar-refractivity contribution in [3.05, 3.63) is 37.0 Å². The maximum Gasteiger partial charge on any atom is 0.230 e. The SMILES string of the molecule is C=C/C=C(\C=C)CCCCONC=O.OC1CCCCC1.